The van der Waals surface area contributed by atoms with Gasteiger partial charge < -0.3 is 24.8 Å². The van der Waals surface area contributed by atoms with Crippen LogP contribution in [0.25, 0.3) is 0 Å². The van der Waals surface area contributed by atoms with Crippen molar-refractivity contribution >= 4 is 17.8 Å². The second-order valence-corrected chi connectivity index (χ2v) is 8.34. The van der Waals surface area contributed by atoms with Gasteiger partial charge in [-0.2, -0.15) is 0 Å². The van der Waals surface area contributed by atoms with E-state index in [0.29, 0.717) is 69.8 Å². The summed E-state index contributed by atoms with van der Waals surface area (Å²) in [6, 6.07) is 9.33. The van der Waals surface area contributed by atoms with E-state index in [1.807, 2.05) is 40.1 Å². The number of likely N-dealkylation sites (tertiary alicyclic amines) is 2. The van der Waals surface area contributed by atoms with E-state index < -0.39 is 0 Å². The minimum absolute atomic E-state index is 0.00442. The summed E-state index contributed by atoms with van der Waals surface area (Å²) in [5.41, 5.74) is 0. The molecular formula is C22H30N4O4. The highest BCUT2D eigenvalue weighted by Gasteiger charge is 2.36. The van der Waals surface area contributed by atoms with E-state index in [0.717, 1.165) is 12.8 Å². The van der Waals surface area contributed by atoms with Crippen molar-refractivity contribution in [3.8, 4) is 5.75 Å². The summed E-state index contributed by atoms with van der Waals surface area (Å²) >= 11 is 0. The molecule has 2 atom stereocenters. The van der Waals surface area contributed by atoms with Gasteiger partial charge in [0.15, 0.2) is 6.61 Å². The smallest absolute Gasteiger partial charge is 0.317 e. The van der Waals surface area contributed by atoms with Crippen LogP contribution < -0.4 is 10.1 Å². The van der Waals surface area contributed by atoms with Crippen LogP contribution in [0, 0.1) is 11.8 Å². The van der Waals surface area contributed by atoms with Crippen molar-refractivity contribution in [3.05, 3.63) is 30.3 Å². The summed E-state index contributed by atoms with van der Waals surface area (Å²) in [4.78, 5) is 42.6. The molecule has 3 aliphatic rings. The molecule has 0 unspecified atom stereocenters. The van der Waals surface area contributed by atoms with Crippen LogP contribution in [0.4, 0.5) is 4.79 Å². The van der Waals surface area contributed by atoms with Gasteiger partial charge >= 0.3 is 6.03 Å². The van der Waals surface area contributed by atoms with Crippen LogP contribution in [0.2, 0.25) is 0 Å². The number of hydrogen-bond acceptors (Lipinski definition) is 4. The molecule has 0 bridgehead atoms. The summed E-state index contributed by atoms with van der Waals surface area (Å²) in [6.07, 6.45) is 2.29. The number of nitrogens with one attached hydrogen (secondary N) is 1. The molecule has 3 fully saturated rings. The molecule has 3 heterocycles. The molecule has 0 spiro atoms. The largest absolute Gasteiger partial charge is 0.484 e. The first-order valence-corrected chi connectivity index (χ1v) is 10.9. The summed E-state index contributed by atoms with van der Waals surface area (Å²) in [7, 11) is 0. The third-order valence-corrected chi connectivity index (χ3v) is 6.49. The van der Waals surface area contributed by atoms with Crippen molar-refractivity contribution in [2.75, 3.05) is 52.4 Å². The zero-order chi connectivity index (χ0) is 20.9. The maximum atomic E-state index is 12.7. The Hall–Kier alpha value is -2.77. The SMILES string of the molecule is O=C1C[C@@H]2CCN(C(=O)COc3ccccc3)C[C@@H]2CCN1CCN1CCNC1=O. The van der Waals surface area contributed by atoms with Gasteiger partial charge in [-0.05, 0) is 36.8 Å². The average Bonchev–Trinajstić information content (AvgIpc) is 3.10. The number of piperidine rings is 1. The zero-order valence-corrected chi connectivity index (χ0v) is 17.3. The lowest BCUT2D eigenvalue weighted by Crippen LogP contribution is -2.45. The molecule has 1 N–H and O–H groups in total. The van der Waals surface area contributed by atoms with Crippen LogP contribution in [-0.2, 0) is 9.59 Å². The maximum absolute atomic E-state index is 12.7. The minimum Gasteiger partial charge on any atom is -0.484 e. The first-order valence-electron chi connectivity index (χ1n) is 10.9. The van der Waals surface area contributed by atoms with Crippen molar-refractivity contribution < 1.29 is 19.1 Å². The summed E-state index contributed by atoms with van der Waals surface area (Å²) in [6.45, 7) is 4.65. The van der Waals surface area contributed by atoms with Gasteiger partial charge in [0.1, 0.15) is 5.75 Å². The molecule has 1 aromatic rings. The van der Waals surface area contributed by atoms with Gasteiger partial charge in [0.25, 0.3) is 5.91 Å². The predicted octanol–water partition coefficient (Wildman–Crippen LogP) is 1.18. The Kier molecular flexibility index (Phi) is 6.40. The molecule has 0 aliphatic carbocycles. The fourth-order valence-electron chi connectivity index (χ4n) is 4.66. The number of nitrogens with zero attached hydrogens (tertiary/aromatic N) is 3. The van der Waals surface area contributed by atoms with Gasteiger partial charge in [-0.25, -0.2) is 4.79 Å². The molecule has 4 amide bonds. The normalized spacial score (nSPS) is 24.3. The Bertz CT molecular complexity index is 772. The second kappa shape index (κ2) is 9.36. The Labute approximate surface area is 177 Å². The van der Waals surface area contributed by atoms with Crippen molar-refractivity contribution in [2.45, 2.75) is 19.3 Å². The van der Waals surface area contributed by atoms with Crippen LogP contribution in [0.1, 0.15) is 19.3 Å². The lowest BCUT2D eigenvalue weighted by Gasteiger charge is -2.37. The average molecular weight is 415 g/mol. The Morgan fingerprint density at radius 2 is 1.77 bits per heavy atom. The molecule has 30 heavy (non-hydrogen) atoms. The van der Waals surface area contributed by atoms with Crippen molar-refractivity contribution in [3.63, 3.8) is 0 Å². The van der Waals surface area contributed by atoms with Crippen molar-refractivity contribution in [2.24, 2.45) is 11.8 Å². The molecule has 8 nitrogen and oxygen atoms in total. The molecule has 3 aliphatic heterocycles. The van der Waals surface area contributed by atoms with Crippen LogP contribution in [0.5, 0.6) is 5.75 Å². The second-order valence-electron chi connectivity index (χ2n) is 8.34. The van der Waals surface area contributed by atoms with Crippen LogP contribution in [0.3, 0.4) is 0 Å². The number of benzene rings is 1. The fourth-order valence-corrected chi connectivity index (χ4v) is 4.66. The molecule has 3 saturated heterocycles. The molecule has 0 radical (unpaired) electrons. The monoisotopic (exact) mass is 414 g/mol. The highest BCUT2D eigenvalue weighted by Crippen LogP contribution is 2.32. The van der Waals surface area contributed by atoms with Gasteiger partial charge in [0.05, 0.1) is 0 Å². The van der Waals surface area contributed by atoms with Gasteiger partial charge in [0.2, 0.25) is 5.91 Å². The number of urea groups is 1. The highest BCUT2D eigenvalue weighted by molar-refractivity contribution is 5.79. The number of amides is 4. The molecule has 162 valence electrons. The van der Waals surface area contributed by atoms with Crippen LogP contribution >= 0.6 is 0 Å². The molecule has 0 aromatic heterocycles. The zero-order valence-electron chi connectivity index (χ0n) is 17.3. The number of carbonyl (C=O) groups excluding carboxylic acids is 3. The lowest BCUT2D eigenvalue weighted by atomic mass is 9.82. The molecule has 4 rings (SSSR count). The van der Waals surface area contributed by atoms with E-state index in [1.165, 1.54) is 0 Å². The Balaban J connectivity index is 1.27. The third-order valence-electron chi connectivity index (χ3n) is 6.49. The van der Waals surface area contributed by atoms with E-state index in [1.54, 1.807) is 4.90 Å². The number of carbonyl (C=O) groups is 3. The molecule has 1 aromatic carbocycles. The summed E-state index contributed by atoms with van der Waals surface area (Å²) in [5.74, 6) is 1.54. The fraction of sp³-hybridized carbons (Fsp3) is 0.591. The summed E-state index contributed by atoms with van der Waals surface area (Å²) < 4.78 is 5.61. The predicted molar refractivity (Wildman–Crippen MR) is 111 cm³/mol. The highest BCUT2D eigenvalue weighted by atomic mass is 16.5. The minimum atomic E-state index is -0.0437. The molecule has 0 saturated carbocycles. The first-order chi connectivity index (χ1) is 14.6. The maximum Gasteiger partial charge on any atom is 0.317 e. The van der Waals surface area contributed by atoms with Gasteiger partial charge in [-0.15, -0.1) is 0 Å². The van der Waals surface area contributed by atoms with Crippen LogP contribution in [-0.4, -0.2) is 85.0 Å². The van der Waals surface area contributed by atoms with Crippen molar-refractivity contribution in [1.82, 2.24) is 20.0 Å². The number of rotatable bonds is 6. The Morgan fingerprint density at radius 1 is 1.00 bits per heavy atom. The summed E-state index contributed by atoms with van der Waals surface area (Å²) in [5, 5.41) is 2.79. The van der Waals surface area contributed by atoms with E-state index in [-0.39, 0.29) is 24.5 Å². The van der Waals surface area contributed by atoms with E-state index >= 15 is 0 Å². The van der Waals surface area contributed by atoms with E-state index in [4.69, 9.17) is 4.74 Å². The lowest BCUT2D eigenvalue weighted by molar-refractivity contribution is -0.136. The quantitative estimate of drug-likeness (QED) is 0.758. The number of ether oxygens (including phenoxy) is 1. The van der Waals surface area contributed by atoms with E-state index in [2.05, 4.69) is 5.32 Å². The van der Waals surface area contributed by atoms with Gasteiger partial charge in [-0.3, -0.25) is 9.59 Å². The Morgan fingerprint density at radius 3 is 2.53 bits per heavy atom. The van der Waals surface area contributed by atoms with E-state index in [9.17, 15) is 14.4 Å². The molecular weight excluding hydrogens is 384 g/mol. The molecule has 8 heteroatoms. The van der Waals surface area contributed by atoms with Crippen molar-refractivity contribution in [1.29, 1.82) is 0 Å². The number of para-hydroxylation sites is 1. The first kappa shape index (κ1) is 20.5. The number of hydrogen-bond donors (Lipinski definition) is 1. The van der Waals surface area contributed by atoms with Gasteiger partial charge in [0, 0.05) is 52.2 Å². The van der Waals surface area contributed by atoms with Crippen LogP contribution in [0.15, 0.2) is 30.3 Å². The topological polar surface area (TPSA) is 82.2 Å². The standard InChI is InChI=1S/C22H30N4O4/c27-20-14-17-6-10-26(21(28)16-30-19-4-2-1-3-5-19)15-18(17)7-9-24(20)12-13-25-11-8-23-22(25)29/h1-5,17-18H,6-16H2,(H,23,29)/t17-,18-/m0/s1. The number of fused-ring (bicyclic) bond motifs is 1. The van der Waals surface area contributed by atoms with Gasteiger partial charge in [-0.1, -0.05) is 18.2 Å². The third kappa shape index (κ3) is 4.86.